The molecule has 1 saturated heterocycles. The summed E-state index contributed by atoms with van der Waals surface area (Å²) in [5.74, 6) is 0. The van der Waals surface area contributed by atoms with E-state index in [1.54, 1.807) is 14.0 Å². The van der Waals surface area contributed by atoms with Gasteiger partial charge in [0.2, 0.25) is 5.03 Å². The quantitative estimate of drug-likeness (QED) is 0.884. The van der Waals surface area contributed by atoms with Crippen molar-refractivity contribution in [2.75, 3.05) is 13.1 Å². The zero-order valence-electron chi connectivity index (χ0n) is 11.0. The summed E-state index contributed by atoms with van der Waals surface area (Å²) in [7, 11) is -2.05. The van der Waals surface area contributed by atoms with Crippen LogP contribution in [0.5, 0.6) is 0 Å². The third-order valence-corrected chi connectivity index (χ3v) is 5.83. The molecule has 19 heavy (non-hydrogen) atoms. The Hall–Kier alpha value is -0.630. The molecule has 0 amide bonds. The average molecular weight is 308 g/mol. The van der Waals surface area contributed by atoms with E-state index >= 15 is 0 Å². The summed E-state index contributed by atoms with van der Waals surface area (Å²) in [6, 6.07) is 0. The number of rotatable bonds is 2. The minimum Gasteiger partial charge on any atom is -0.390 e. The fourth-order valence-electron chi connectivity index (χ4n) is 2.17. The number of hydrogen-bond acceptors (Lipinski definition) is 4. The van der Waals surface area contributed by atoms with Crippen LogP contribution in [-0.4, -0.2) is 46.1 Å². The Labute approximate surface area is 118 Å². The van der Waals surface area contributed by atoms with E-state index in [-0.39, 0.29) is 16.7 Å². The molecule has 1 unspecified atom stereocenters. The normalized spacial score (nSPS) is 26.3. The number of hydrogen-bond donors (Lipinski definition) is 1. The summed E-state index contributed by atoms with van der Waals surface area (Å²) in [6.45, 7) is 2.39. The van der Waals surface area contributed by atoms with Crippen molar-refractivity contribution in [3.05, 3.63) is 11.5 Å². The van der Waals surface area contributed by atoms with E-state index in [1.165, 1.54) is 15.2 Å². The number of aryl methyl sites for hydroxylation is 1. The molecule has 108 valence electrons. The van der Waals surface area contributed by atoms with Gasteiger partial charge in [0.25, 0.3) is 10.0 Å². The highest BCUT2D eigenvalue weighted by Crippen LogP contribution is 2.27. The minimum atomic E-state index is -3.69. The third-order valence-electron chi connectivity index (χ3n) is 3.44. The summed E-state index contributed by atoms with van der Waals surface area (Å²) < 4.78 is 27.7. The van der Waals surface area contributed by atoms with E-state index in [1.807, 2.05) is 0 Å². The van der Waals surface area contributed by atoms with E-state index in [2.05, 4.69) is 4.98 Å². The van der Waals surface area contributed by atoms with Crippen LogP contribution in [0.15, 0.2) is 11.4 Å². The van der Waals surface area contributed by atoms with Crippen molar-refractivity contribution in [2.24, 2.45) is 7.05 Å². The molecule has 1 N–H and O–H groups in total. The lowest BCUT2D eigenvalue weighted by Gasteiger charge is -2.21. The van der Waals surface area contributed by atoms with Crippen molar-refractivity contribution < 1.29 is 13.5 Å². The number of sulfonamides is 1. The molecule has 8 heteroatoms. The van der Waals surface area contributed by atoms with Crippen LogP contribution in [0.3, 0.4) is 0 Å². The van der Waals surface area contributed by atoms with Gasteiger partial charge in [-0.3, -0.25) is 0 Å². The Morgan fingerprint density at radius 2 is 2.11 bits per heavy atom. The first-order chi connectivity index (χ1) is 8.74. The van der Waals surface area contributed by atoms with Crippen molar-refractivity contribution in [3.8, 4) is 0 Å². The first-order valence-electron chi connectivity index (χ1n) is 6.13. The largest absolute Gasteiger partial charge is 0.390 e. The maximum Gasteiger partial charge on any atom is 0.263 e. The molecule has 1 aromatic heterocycles. The summed E-state index contributed by atoms with van der Waals surface area (Å²) in [5.41, 5.74) is -0.807. The number of nitrogens with zero attached hydrogens (tertiary/aromatic N) is 3. The standard InChI is InChI=1S/C11H18ClN3O3S/c1-11(16)4-3-6-15(7-5-11)19(17,18)10-9(12)14(2)8-13-10/h8,16H,3-7H2,1-2H3. The lowest BCUT2D eigenvalue weighted by molar-refractivity contribution is 0.0465. The Morgan fingerprint density at radius 3 is 2.68 bits per heavy atom. The van der Waals surface area contributed by atoms with Gasteiger partial charge in [-0.05, 0) is 26.2 Å². The second-order valence-electron chi connectivity index (χ2n) is 5.21. The lowest BCUT2D eigenvalue weighted by atomic mass is 9.98. The zero-order chi connectivity index (χ0) is 14.3. The predicted octanol–water partition coefficient (Wildman–Crippen LogP) is 0.999. The molecule has 6 nitrogen and oxygen atoms in total. The van der Waals surface area contributed by atoms with Crippen LogP contribution in [0.4, 0.5) is 0 Å². The number of aliphatic hydroxyl groups is 1. The molecule has 2 heterocycles. The van der Waals surface area contributed by atoms with E-state index in [0.717, 1.165) is 0 Å². The average Bonchev–Trinajstić information content (AvgIpc) is 2.54. The van der Waals surface area contributed by atoms with Crippen LogP contribution in [-0.2, 0) is 17.1 Å². The van der Waals surface area contributed by atoms with Crippen LogP contribution in [0.1, 0.15) is 26.2 Å². The van der Waals surface area contributed by atoms with Gasteiger partial charge < -0.3 is 9.67 Å². The van der Waals surface area contributed by atoms with Crippen molar-refractivity contribution >= 4 is 21.6 Å². The van der Waals surface area contributed by atoms with Gasteiger partial charge in [-0.1, -0.05) is 11.6 Å². The van der Waals surface area contributed by atoms with E-state index in [4.69, 9.17) is 11.6 Å². The predicted molar refractivity (Wildman–Crippen MR) is 71.5 cm³/mol. The fraction of sp³-hybridized carbons (Fsp3) is 0.727. The molecule has 2 rings (SSSR count). The number of imidazole rings is 1. The highest BCUT2D eigenvalue weighted by atomic mass is 35.5. The first kappa shape index (κ1) is 14.8. The molecule has 0 saturated carbocycles. The van der Waals surface area contributed by atoms with Gasteiger partial charge in [0.05, 0.1) is 11.9 Å². The van der Waals surface area contributed by atoms with Gasteiger partial charge in [0.15, 0.2) is 0 Å². The monoisotopic (exact) mass is 307 g/mol. The molecule has 0 aliphatic carbocycles. The van der Waals surface area contributed by atoms with Crippen LogP contribution < -0.4 is 0 Å². The van der Waals surface area contributed by atoms with Gasteiger partial charge in [-0.25, -0.2) is 13.4 Å². The van der Waals surface area contributed by atoms with Gasteiger partial charge in [0.1, 0.15) is 5.15 Å². The molecule has 0 bridgehead atoms. The zero-order valence-corrected chi connectivity index (χ0v) is 12.6. The summed E-state index contributed by atoms with van der Waals surface area (Å²) in [4.78, 5) is 3.87. The maximum atomic E-state index is 12.5. The van der Waals surface area contributed by atoms with Gasteiger partial charge >= 0.3 is 0 Å². The number of halogens is 1. The molecule has 1 atom stereocenters. The van der Waals surface area contributed by atoms with Gasteiger partial charge in [0, 0.05) is 20.1 Å². The Balaban J connectivity index is 2.28. The van der Waals surface area contributed by atoms with E-state index in [0.29, 0.717) is 25.8 Å². The Bertz CT molecular complexity index is 568. The molecule has 0 aromatic carbocycles. The highest BCUT2D eigenvalue weighted by molar-refractivity contribution is 7.89. The third kappa shape index (κ3) is 2.94. The van der Waals surface area contributed by atoms with Gasteiger partial charge in [-0.2, -0.15) is 4.31 Å². The van der Waals surface area contributed by atoms with E-state index in [9.17, 15) is 13.5 Å². The smallest absolute Gasteiger partial charge is 0.263 e. The van der Waals surface area contributed by atoms with Crippen LogP contribution in [0.25, 0.3) is 0 Å². The Morgan fingerprint density at radius 1 is 1.42 bits per heavy atom. The summed E-state index contributed by atoms with van der Waals surface area (Å²) >= 11 is 5.95. The maximum absolute atomic E-state index is 12.5. The molecular weight excluding hydrogens is 290 g/mol. The van der Waals surface area contributed by atoms with Crippen molar-refractivity contribution in [2.45, 2.75) is 36.8 Å². The Kier molecular flexibility index (Phi) is 3.92. The topological polar surface area (TPSA) is 75.4 Å². The summed E-state index contributed by atoms with van der Waals surface area (Å²) in [5, 5.41) is 9.99. The molecule has 1 aliphatic rings. The lowest BCUT2D eigenvalue weighted by Crippen LogP contribution is -2.34. The molecule has 1 fully saturated rings. The SMILES string of the molecule is Cn1cnc(S(=O)(=O)N2CCCC(C)(O)CC2)c1Cl. The van der Waals surface area contributed by atoms with E-state index < -0.39 is 15.6 Å². The molecule has 1 aromatic rings. The minimum absolute atomic E-state index is 0.107. The molecule has 1 aliphatic heterocycles. The summed E-state index contributed by atoms with van der Waals surface area (Å²) in [6.07, 6.45) is 3.01. The second-order valence-corrected chi connectivity index (χ2v) is 7.42. The van der Waals surface area contributed by atoms with Crippen LogP contribution >= 0.6 is 11.6 Å². The number of aromatic nitrogens is 2. The second kappa shape index (κ2) is 5.05. The van der Waals surface area contributed by atoms with Crippen molar-refractivity contribution in [1.29, 1.82) is 0 Å². The van der Waals surface area contributed by atoms with Crippen LogP contribution in [0, 0.1) is 0 Å². The fourth-order valence-corrected chi connectivity index (χ4v) is 4.04. The molecular formula is C11H18ClN3O3S. The molecule has 0 radical (unpaired) electrons. The van der Waals surface area contributed by atoms with Crippen molar-refractivity contribution in [1.82, 2.24) is 13.9 Å². The van der Waals surface area contributed by atoms with Crippen LogP contribution in [0.2, 0.25) is 5.15 Å². The van der Waals surface area contributed by atoms with Crippen molar-refractivity contribution in [3.63, 3.8) is 0 Å². The van der Waals surface area contributed by atoms with Gasteiger partial charge in [-0.15, -0.1) is 0 Å². The molecule has 0 spiro atoms. The highest BCUT2D eigenvalue weighted by Gasteiger charge is 2.34. The first-order valence-corrected chi connectivity index (χ1v) is 7.95.